The van der Waals surface area contributed by atoms with Crippen molar-refractivity contribution in [3.05, 3.63) is 310 Å². The van der Waals surface area contributed by atoms with Gasteiger partial charge in [0.25, 0.3) is 0 Å². The lowest BCUT2D eigenvalue weighted by Gasteiger charge is -2.17. The van der Waals surface area contributed by atoms with Crippen LogP contribution < -0.4 is 0 Å². The molecule has 7 heterocycles. The number of hydrogen-bond acceptors (Lipinski definition) is 6. The molecule has 0 radical (unpaired) electrons. The van der Waals surface area contributed by atoms with Crippen LogP contribution >= 0.6 is 0 Å². The third-order valence-electron chi connectivity index (χ3n) is 16.8. The quantitative estimate of drug-likeness (QED) is 0.128. The number of nitriles is 1. The van der Waals surface area contributed by atoms with Crippen LogP contribution in [0.5, 0.6) is 0 Å². The first-order chi connectivity index (χ1) is 43.5. The van der Waals surface area contributed by atoms with Crippen LogP contribution in [0.4, 0.5) is 0 Å². The van der Waals surface area contributed by atoms with Gasteiger partial charge in [-0.3, -0.25) is 24.5 Å². The van der Waals surface area contributed by atoms with E-state index in [1.54, 1.807) is 0 Å². The standard InChI is InChI=1S/C80H50N8/c81-50-52-21-23-53(24-22-52)70-49-80(88-77-47-60(64-35-39-84-73(43-64)56-17-9-3-10-18-56)27-31-68(77)69-32-28-61(48-78(69)88)65-36-40-85-74(44-65)57-19-11-4-12-20-57)86-51-79(70)87-75-45-58(62-33-37-82-71(41-62)54-13-5-1-6-14-54)25-29-66(75)67-30-26-59(46-76(67)87)63-34-38-83-72(42-63)55-15-7-2-8-16-55/h1-49,51H. The minimum absolute atomic E-state index is 0.575. The molecule has 0 spiro atoms. The SMILES string of the molecule is N#Cc1ccc(-c2cc(-n3c4cc(-c5ccnc(-c6ccccc6)c5)ccc4c4ccc(-c5ccnc(-c6ccccc6)c5)cc43)ncc2-n2c3cc(-c4ccnc(-c5ccccc5)c4)ccc3c3ccc(-c4ccnc(-c5ccccc5)c4)cc32)cc1. The number of hydrogen-bond donors (Lipinski definition) is 0. The number of rotatable bonds is 11. The highest BCUT2D eigenvalue weighted by molar-refractivity contribution is 6.13. The van der Waals surface area contributed by atoms with Gasteiger partial charge in [-0.2, -0.15) is 5.26 Å². The van der Waals surface area contributed by atoms with E-state index in [0.717, 1.165) is 156 Å². The Bertz CT molecular complexity index is 5100. The van der Waals surface area contributed by atoms with E-state index in [4.69, 9.17) is 24.9 Å². The summed E-state index contributed by atoms with van der Waals surface area (Å²) in [6.07, 6.45) is 9.62. The molecule has 0 aliphatic heterocycles. The molecule has 0 unspecified atom stereocenters. The van der Waals surface area contributed by atoms with Gasteiger partial charge in [0.15, 0.2) is 0 Å². The number of aromatic nitrogens is 7. The van der Waals surface area contributed by atoms with Gasteiger partial charge in [0.05, 0.1) is 68.4 Å². The lowest BCUT2D eigenvalue weighted by Crippen LogP contribution is -2.04. The zero-order valence-electron chi connectivity index (χ0n) is 47.4. The van der Waals surface area contributed by atoms with Gasteiger partial charge in [-0.05, 0) is 141 Å². The van der Waals surface area contributed by atoms with Crippen molar-refractivity contribution in [2.45, 2.75) is 0 Å². The summed E-state index contributed by atoms with van der Waals surface area (Å²) in [6, 6.07) is 97.8. The van der Waals surface area contributed by atoms with Crippen LogP contribution in [-0.4, -0.2) is 34.1 Å². The summed E-state index contributed by atoms with van der Waals surface area (Å²) in [7, 11) is 0. The molecule has 8 heteroatoms. The molecule has 0 atom stereocenters. The highest BCUT2D eigenvalue weighted by atomic mass is 15.1. The Morgan fingerprint density at radius 1 is 0.261 bits per heavy atom. The Morgan fingerprint density at radius 2 is 0.568 bits per heavy atom. The molecule has 9 aromatic carbocycles. The van der Waals surface area contributed by atoms with Gasteiger partial charge in [-0.25, -0.2) is 4.98 Å². The fourth-order valence-corrected chi connectivity index (χ4v) is 12.5. The number of benzene rings is 9. The summed E-state index contributed by atoms with van der Waals surface area (Å²) in [5.41, 5.74) is 23.6. The predicted octanol–water partition coefficient (Wildman–Crippen LogP) is 19.7. The third kappa shape index (κ3) is 9.33. The number of pyridine rings is 5. The monoisotopic (exact) mass is 1120 g/mol. The molecule has 16 rings (SSSR count). The minimum Gasteiger partial charge on any atom is -0.307 e. The van der Waals surface area contributed by atoms with E-state index in [1.165, 1.54) is 0 Å². The van der Waals surface area contributed by atoms with Crippen molar-refractivity contribution in [2.24, 2.45) is 0 Å². The molecule has 0 amide bonds. The molecular formula is C80H50N8. The molecule has 0 N–H and O–H groups in total. The van der Waals surface area contributed by atoms with Gasteiger partial charge in [0.2, 0.25) is 0 Å². The van der Waals surface area contributed by atoms with Crippen molar-refractivity contribution in [3.8, 4) is 118 Å². The van der Waals surface area contributed by atoms with E-state index in [1.807, 2.05) is 116 Å². The highest BCUT2D eigenvalue weighted by Gasteiger charge is 2.23. The second-order valence-electron chi connectivity index (χ2n) is 22.0. The maximum Gasteiger partial charge on any atom is 0.138 e. The Hall–Kier alpha value is -12.2. The summed E-state index contributed by atoms with van der Waals surface area (Å²) in [5.74, 6) is 0.731. The maximum absolute atomic E-state index is 10.2. The maximum atomic E-state index is 10.2. The van der Waals surface area contributed by atoms with E-state index in [2.05, 4.69) is 203 Å². The van der Waals surface area contributed by atoms with E-state index < -0.39 is 0 Å². The van der Waals surface area contributed by atoms with Crippen molar-refractivity contribution in [1.82, 2.24) is 34.1 Å². The summed E-state index contributed by atoms with van der Waals surface area (Å²) in [4.78, 5) is 24.9. The average molecular weight is 1120 g/mol. The molecule has 410 valence electrons. The van der Waals surface area contributed by atoms with Gasteiger partial charge in [-0.1, -0.05) is 182 Å². The van der Waals surface area contributed by atoms with E-state index >= 15 is 0 Å². The van der Waals surface area contributed by atoms with Crippen LogP contribution in [0, 0.1) is 11.3 Å². The van der Waals surface area contributed by atoms with Crippen LogP contribution in [0.25, 0.3) is 156 Å². The van der Waals surface area contributed by atoms with Crippen molar-refractivity contribution in [2.75, 3.05) is 0 Å². The zero-order valence-corrected chi connectivity index (χ0v) is 47.4. The second kappa shape index (κ2) is 21.8. The summed E-state index contributed by atoms with van der Waals surface area (Å²) in [5, 5.41) is 14.6. The highest BCUT2D eigenvalue weighted by Crippen LogP contribution is 2.43. The summed E-state index contributed by atoms with van der Waals surface area (Å²) >= 11 is 0. The van der Waals surface area contributed by atoms with E-state index in [9.17, 15) is 5.26 Å². The molecule has 0 aliphatic carbocycles. The van der Waals surface area contributed by atoms with Gasteiger partial charge in [-0.15, -0.1) is 0 Å². The van der Waals surface area contributed by atoms with Gasteiger partial charge < -0.3 is 4.57 Å². The molecule has 8 nitrogen and oxygen atoms in total. The molecule has 0 aliphatic rings. The molecule has 88 heavy (non-hydrogen) atoms. The third-order valence-corrected chi connectivity index (χ3v) is 16.8. The lowest BCUT2D eigenvalue weighted by atomic mass is 10.0. The largest absolute Gasteiger partial charge is 0.307 e. The number of fused-ring (bicyclic) bond motifs is 6. The Kier molecular flexibility index (Phi) is 12.7. The van der Waals surface area contributed by atoms with Crippen LogP contribution in [-0.2, 0) is 0 Å². The Labute approximate surface area is 507 Å². The predicted molar refractivity (Wildman–Crippen MR) is 358 cm³/mol. The molecule has 0 saturated heterocycles. The Morgan fingerprint density at radius 3 is 0.898 bits per heavy atom. The van der Waals surface area contributed by atoms with Crippen LogP contribution in [0.2, 0.25) is 0 Å². The van der Waals surface area contributed by atoms with Crippen LogP contribution in [0.3, 0.4) is 0 Å². The normalized spacial score (nSPS) is 11.4. The molecule has 16 aromatic rings. The molecule has 0 bridgehead atoms. The van der Waals surface area contributed by atoms with Gasteiger partial charge in [0.1, 0.15) is 5.82 Å². The first-order valence-corrected chi connectivity index (χ1v) is 29.3. The fraction of sp³-hybridized carbons (Fsp3) is 0. The molecule has 7 aromatic heterocycles. The van der Waals surface area contributed by atoms with Gasteiger partial charge >= 0.3 is 0 Å². The van der Waals surface area contributed by atoms with Crippen molar-refractivity contribution in [1.29, 1.82) is 5.26 Å². The lowest BCUT2D eigenvalue weighted by molar-refractivity contribution is 1.06. The second-order valence-corrected chi connectivity index (χ2v) is 22.0. The first-order valence-electron chi connectivity index (χ1n) is 29.3. The Balaban J connectivity index is 0.943. The van der Waals surface area contributed by atoms with E-state index in [-0.39, 0.29) is 0 Å². The van der Waals surface area contributed by atoms with Crippen molar-refractivity contribution in [3.63, 3.8) is 0 Å². The van der Waals surface area contributed by atoms with Crippen LogP contribution in [0.15, 0.2) is 304 Å². The summed E-state index contributed by atoms with van der Waals surface area (Å²) in [6.45, 7) is 0. The first kappa shape index (κ1) is 51.5. The average Bonchev–Trinajstić information content (AvgIpc) is 1.65. The molecule has 0 saturated carbocycles. The molecule has 0 fully saturated rings. The van der Waals surface area contributed by atoms with E-state index in [0.29, 0.717) is 5.56 Å². The summed E-state index contributed by atoms with van der Waals surface area (Å²) < 4.78 is 4.70. The fourth-order valence-electron chi connectivity index (χ4n) is 12.5. The smallest absolute Gasteiger partial charge is 0.138 e. The van der Waals surface area contributed by atoms with Crippen molar-refractivity contribution < 1.29 is 0 Å². The number of nitrogens with zero attached hydrogens (tertiary/aromatic N) is 8. The topological polar surface area (TPSA) is 98.1 Å². The molecular weight excluding hydrogens is 1070 g/mol. The van der Waals surface area contributed by atoms with Crippen LogP contribution in [0.1, 0.15) is 5.56 Å². The zero-order chi connectivity index (χ0) is 58.5. The van der Waals surface area contributed by atoms with Gasteiger partial charge in [0, 0.05) is 74.1 Å². The van der Waals surface area contributed by atoms with Crippen molar-refractivity contribution >= 4 is 43.6 Å². The minimum atomic E-state index is 0.575.